The zero-order valence-corrected chi connectivity index (χ0v) is 19.9. The topological polar surface area (TPSA) is 52.5 Å². The van der Waals surface area contributed by atoms with Crippen LogP contribution in [0.1, 0.15) is 35.7 Å². The first kappa shape index (κ1) is 23.8. The maximum atomic E-state index is 4.48. The summed E-state index contributed by atoms with van der Waals surface area (Å²) in [7, 11) is 1.80. The lowest BCUT2D eigenvalue weighted by Gasteiger charge is -2.18. The molecule has 2 rings (SSSR count). The molecule has 0 unspecified atom stereocenters. The number of aryl methyl sites for hydroxylation is 1. The summed E-state index contributed by atoms with van der Waals surface area (Å²) in [6, 6.07) is 8.82. The molecule has 27 heavy (non-hydrogen) atoms. The van der Waals surface area contributed by atoms with E-state index in [0.717, 1.165) is 55.8 Å². The van der Waals surface area contributed by atoms with Crippen LogP contribution in [0.4, 0.5) is 0 Å². The molecule has 0 bridgehead atoms. The number of rotatable bonds is 9. The van der Waals surface area contributed by atoms with Gasteiger partial charge in [0, 0.05) is 38.5 Å². The van der Waals surface area contributed by atoms with Gasteiger partial charge in [0.2, 0.25) is 0 Å². The molecule has 150 valence electrons. The lowest BCUT2D eigenvalue weighted by Crippen LogP contribution is -2.37. The minimum atomic E-state index is 0. The van der Waals surface area contributed by atoms with E-state index in [9.17, 15) is 0 Å². The van der Waals surface area contributed by atoms with Gasteiger partial charge < -0.3 is 10.6 Å². The lowest BCUT2D eigenvalue weighted by atomic mass is 10.1. The van der Waals surface area contributed by atoms with E-state index in [0.29, 0.717) is 0 Å². The first-order valence-electron chi connectivity index (χ1n) is 9.30. The van der Waals surface area contributed by atoms with E-state index in [1.165, 1.54) is 11.1 Å². The number of benzene rings is 1. The van der Waals surface area contributed by atoms with Crippen LogP contribution in [0.2, 0.25) is 0 Å². The van der Waals surface area contributed by atoms with Crippen LogP contribution in [-0.4, -0.2) is 42.5 Å². The molecule has 0 aliphatic heterocycles. The summed E-state index contributed by atoms with van der Waals surface area (Å²) in [6.45, 7) is 11.2. The van der Waals surface area contributed by atoms with Crippen LogP contribution < -0.4 is 10.6 Å². The van der Waals surface area contributed by atoms with Crippen LogP contribution in [0.15, 0.2) is 34.6 Å². The standard InChI is InChI=1S/C20H31N5S.HI/c1-5-25(6-2)14-18-9-7-17(8-10-18)13-23-20(21-4)22-12-11-19-15-26-16(3)24-19;/h7-10,15H,5-6,11-14H2,1-4H3,(H2,21,22,23);1H. The Kier molecular flexibility index (Phi) is 11.5. The molecular formula is C20H32IN5S. The number of thiazole rings is 1. The molecule has 0 atom stereocenters. The van der Waals surface area contributed by atoms with Gasteiger partial charge in [-0.2, -0.15) is 0 Å². The van der Waals surface area contributed by atoms with Crippen LogP contribution in [0.25, 0.3) is 0 Å². The van der Waals surface area contributed by atoms with Crippen molar-refractivity contribution in [1.82, 2.24) is 20.5 Å². The van der Waals surface area contributed by atoms with Crippen LogP contribution in [0.3, 0.4) is 0 Å². The van der Waals surface area contributed by atoms with Crippen LogP contribution >= 0.6 is 35.3 Å². The zero-order chi connectivity index (χ0) is 18.8. The van der Waals surface area contributed by atoms with E-state index in [1.54, 1.807) is 18.4 Å². The molecule has 1 aromatic carbocycles. The van der Waals surface area contributed by atoms with Gasteiger partial charge in [-0.25, -0.2) is 4.98 Å². The Bertz CT molecular complexity index is 680. The van der Waals surface area contributed by atoms with Crippen molar-refractivity contribution in [1.29, 1.82) is 0 Å². The summed E-state index contributed by atoms with van der Waals surface area (Å²) < 4.78 is 0. The minimum absolute atomic E-state index is 0. The predicted octanol–water partition coefficient (Wildman–Crippen LogP) is 3.82. The number of hydrogen-bond acceptors (Lipinski definition) is 4. The quantitative estimate of drug-likeness (QED) is 0.312. The van der Waals surface area contributed by atoms with Gasteiger partial charge >= 0.3 is 0 Å². The monoisotopic (exact) mass is 501 g/mol. The second-order valence-electron chi connectivity index (χ2n) is 6.24. The molecular weight excluding hydrogens is 469 g/mol. The Morgan fingerprint density at radius 3 is 2.33 bits per heavy atom. The third-order valence-electron chi connectivity index (χ3n) is 4.35. The molecule has 0 radical (unpaired) electrons. The van der Waals surface area contributed by atoms with Gasteiger partial charge in [-0.3, -0.25) is 9.89 Å². The largest absolute Gasteiger partial charge is 0.356 e. The molecule has 2 aromatic rings. The SMILES string of the molecule is CCN(CC)Cc1ccc(CNC(=NC)NCCc2csc(C)n2)cc1.I. The third-order valence-corrected chi connectivity index (χ3v) is 5.17. The second kappa shape index (κ2) is 13.1. The van der Waals surface area contributed by atoms with Gasteiger partial charge in [0.05, 0.1) is 10.7 Å². The average molecular weight is 501 g/mol. The zero-order valence-electron chi connectivity index (χ0n) is 16.8. The van der Waals surface area contributed by atoms with Crippen molar-refractivity contribution in [2.75, 3.05) is 26.7 Å². The number of nitrogens with one attached hydrogen (secondary N) is 2. The maximum absolute atomic E-state index is 4.48. The van der Waals surface area contributed by atoms with Crippen LogP contribution in [-0.2, 0) is 19.5 Å². The highest BCUT2D eigenvalue weighted by Crippen LogP contribution is 2.08. The first-order valence-corrected chi connectivity index (χ1v) is 10.2. The summed E-state index contributed by atoms with van der Waals surface area (Å²) in [4.78, 5) is 11.2. The fraction of sp³-hybridized carbons (Fsp3) is 0.500. The summed E-state index contributed by atoms with van der Waals surface area (Å²) >= 11 is 1.70. The van der Waals surface area contributed by atoms with E-state index >= 15 is 0 Å². The molecule has 0 amide bonds. The first-order chi connectivity index (χ1) is 12.6. The van der Waals surface area contributed by atoms with Crippen molar-refractivity contribution in [3.63, 3.8) is 0 Å². The highest BCUT2D eigenvalue weighted by Gasteiger charge is 2.03. The number of aromatic nitrogens is 1. The Hall–Kier alpha value is -1.19. The number of nitrogens with zero attached hydrogens (tertiary/aromatic N) is 3. The van der Waals surface area contributed by atoms with Crippen LogP contribution in [0.5, 0.6) is 0 Å². The number of halogens is 1. The van der Waals surface area contributed by atoms with Crippen molar-refractivity contribution in [3.8, 4) is 0 Å². The van der Waals surface area contributed by atoms with Gasteiger partial charge in [0.15, 0.2) is 5.96 Å². The third kappa shape index (κ3) is 8.57. The van der Waals surface area contributed by atoms with Crippen molar-refractivity contribution < 1.29 is 0 Å². The number of aliphatic imine (C=N–C) groups is 1. The van der Waals surface area contributed by atoms with E-state index in [2.05, 4.69) is 69.0 Å². The molecule has 0 aliphatic carbocycles. The Morgan fingerprint density at radius 1 is 1.11 bits per heavy atom. The van der Waals surface area contributed by atoms with Crippen molar-refractivity contribution in [3.05, 3.63) is 51.5 Å². The lowest BCUT2D eigenvalue weighted by molar-refractivity contribution is 0.296. The van der Waals surface area contributed by atoms with E-state index < -0.39 is 0 Å². The molecule has 7 heteroatoms. The van der Waals surface area contributed by atoms with Gasteiger partial charge in [-0.15, -0.1) is 35.3 Å². The summed E-state index contributed by atoms with van der Waals surface area (Å²) in [6.07, 6.45) is 0.908. The molecule has 0 fully saturated rings. The smallest absolute Gasteiger partial charge is 0.191 e. The van der Waals surface area contributed by atoms with Crippen molar-refractivity contribution in [2.24, 2.45) is 4.99 Å². The fourth-order valence-corrected chi connectivity index (χ4v) is 3.35. The highest BCUT2D eigenvalue weighted by atomic mass is 127. The molecule has 1 heterocycles. The van der Waals surface area contributed by atoms with Gasteiger partial charge in [-0.05, 0) is 31.1 Å². The molecule has 0 spiro atoms. The van der Waals surface area contributed by atoms with Gasteiger partial charge in [0.1, 0.15) is 0 Å². The number of hydrogen-bond donors (Lipinski definition) is 2. The van der Waals surface area contributed by atoms with Crippen molar-refractivity contribution in [2.45, 2.75) is 40.3 Å². The highest BCUT2D eigenvalue weighted by molar-refractivity contribution is 14.0. The molecule has 0 saturated heterocycles. The molecule has 0 saturated carbocycles. The average Bonchev–Trinajstić information content (AvgIpc) is 3.08. The maximum Gasteiger partial charge on any atom is 0.191 e. The summed E-state index contributed by atoms with van der Waals surface area (Å²) in [5.74, 6) is 0.823. The summed E-state index contributed by atoms with van der Waals surface area (Å²) in [5, 5.41) is 9.95. The predicted molar refractivity (Wildman–Crippen MR) is 127 cm³/mol. The summed E-state index contributed by atoms with van der Waals surface area (Å²) in [5.41, 5.74) is 3.75. The Morgan fingerprint density at radius 2 is 1.78 bits per heavy atom. The number of guanidine groups is 1. The van der Waals surface area contributed by atoms with E-state index in [4.69, 9.17) is 0 Å². The molecule has 2 N–H and O–H groups in total. The van der Waals surface area contributed by atoms with Crippen molar-refractivity contribution >= 4 is 41.3 Å². The molecule has 0 aliphatic rings. The molecule has 5 nitrogen and oxygen atoms in total. The second-order valence-corrected chi connectivity index (χ2v) is 7.30. The van der Waals surface area contributed by atoms with E-state index in [-0.39, 0.29) is 24.0 Å². The van der Waals surface area contributed by atoms with E-state index in [1.807, 2.05) is 6.92 Å². The fourth-order valence-electron chi connectivity index (χ4n) is 2.71. The normalized spacial score (nSPS) is 11.4. The van der Waals surface area contributed by atoms with Gasteiger partial charge in [0.25, 0.3) is 0 Å². The minimum Gasteiger partial charge on any atom is -0.356 e. The van der Waals surface area contributed by atoms with Crippen LogP contribution in [0, 0.1) is 6.92 Å². The van der Waals surface area contributed by atoms with Gasteiger partial charge in [-0.1, -0.05) is 38.1 Å². The Labute approximate surface area is 184 Å². The Balaban J connectivity index is 0.00000364. The molecule has 1 aromatic heterocycles.